The van der Waals surface area contributed by atoms with Crippen LogP contribution in [0.25, 0.3) is 0 Å². The lowest BCUT2D eigenvalue weighted by molar-refractivity contribution is -0.141. The maximum absolute atomic E-state index is 12.1. The summed E-state index contributed by atoms with van der Waals surface area (Å²) in [6, 6.07) is 0.0512. The summed E-state index contributed by atoms with van der Waals surface area (Å²) in [7, 11) is 1.64. The summed E-state index contributed by atoms with van der Waals surface area (Å²) in [5, 5.41) is 0. The summed E-state index contributed by atoms with van der Waals surface area (Å²) < 4.78 is 6.41. The second kappa shape index (κ2) is 6.18. The molecule has 0 spiro atoms. The molecule has 0 bridgehead atoms. The smallest absolute Gasteiger partial charge is 0.325 e. The Morgan fingerprint density at radius 2 is 2.22 bits per heavy atom. The number of rotatable bonds is 5. The summed E-state index contributed by atoms with van der Waals surface area (Å²) in [4.78, 5) is 29.0. The third-order valence-corrected chi connectivity index (χ3v) is 2.44. The van der Waals surface area contributed by atoms with Crippen LogP contribution in [0.3, 0.4) is 0 Å². The van der Waals surface area contributed by atoms with E-state index in [1.807, 2.05) is 13.8 Å². The van der Waals surface area contributed by atoms with Gasteiger partial charge in [0, 0.05) is 25.5 Å². The minimum absolute atomic E-state index is 0.0121. The van der Waals surface area contributed by atoms with Crippen LogP contribution < -0.4 is 10.5 Å². The number of hydrogen-bond acceptors (Lipinski definition) is 5. The molecule has 0 unspecified atom stereocenters. The molecule has 1 heterocycles. The number of carbonyl (C=O) groups excluding carboxylic acids is 1. The van der Waals surface area contributed by atoms with Gasteiger partial charge in [-0.2, -0.15) is 0 Å². The first kappa shape index (κ1) is 14.2. The van der Waals surface area contributed by atoms with E-state index in [4.69, 9.17) is 4.74 Å². The highest BCUT2D eigenvalue weighted by atomic mass is 16.5. The van der Waals surface area contributed by atoms with Gasteiger partial charge in [-0.1, -0.05) is 0 Å². The molecule has 0 amide bonds. The SMILES string of the molecule is CCOC(=O)CN(C)c1nccn(C(C)C)c1=O. The zero-order valence-corrected chi connectivity index (χ0v) is 11.2. The van der Waals surface area contributed by atoms with E-state index in [0.717, 1.165) is 0 Å². The lowest BCUT2D eigenvalue weighted by atomic mass is 10.4. The molecule has 18 heavy (non-hydrogen) atoms. The molecule has 0 saturated carbocycles. The fourth-order valence-electron chi connectivity index (χ4n) is 1.56. The number of nitrogens with zero attached hydrogens (tertiary/aromatic N) is 3. The van der Waals surface area contributed by atoms with E-state index in [-0.39, 0.29) is 29.9 Å². The molecule has 0 aliphatic carbocycles. The average Bonchev–Trinajstić information content (AvgIpc) is 2.28. The standard InChI is InChI=1S/C12H19N3O3/c1-5-18-10(16)8-14(4)11-12(17)15(9(2)3)7-6-13-11/h6-7,9H,5,8H2,1-4H3. The van der Waals surface area contributed by atoms with Gasteiger partial charge < -0.3 is 14.2 Å². The molecule has 6 heteroatoms. The fourth-order valence-corrected chi connectivity index (χ4v) is 1.56. The second-order valence-electron chi connectivity index (χ2n) is 4.22. The lowest BCUT2D eigenvalue weighted by Gasteiger charge is -2.18. The Bertz CT molecular complexity index is 468. The summed E-state index contributed by atoms with van der Waals surface area (Å²) in [5.74, 6) is -0.125. The number of ether oxygens (including phenoxy) is 1. The molecule has 1 rings (SSSR count). The van der Waals surface area contributed by atoms with Crippen molar-refractivity contribution in [2.45, 2.75) is 26.8 Å². The zero-order chi connectivity index (χ0) is 13.7. The molecule has 100 valence electrons. The Morgan fingerprint density at radius 3 is 2.78 bits per heavy atom. The molecule has 0 saturated heterocycles. The van der Waals surface area contributed by atoms with Crippen molar-refractivity contribution in [3.8, 4) is 0 Å². The molecular weight excluding hydrogens is 234 g/mol. The van der Waals surface area contributed by atoms with Crippen LogP contribution in [0.4, 0.5) is 5.82 Å². The molecule has 0 fully saturated rings. The van der Waals surface area contributed by atoms with Crippen molar-refractivity contribution in [3.63, 3.8) is 0 Å². The first-order chi connectivity index (χ1) is 8.47. The number of esters is 1. The first-order valence-corrected chi connectivity index (χ1v) is 5.91. The van der Waals surface area contributed by atoms with Crippen LogP contribution in [0.15, 0.2) is 17.2 Å². The predicted molar refractivity (Wildman–Crippen MR) is 68.8 cm³/mol. The highest BCUT2D eigenvalue weighted by Crippen LogP contribution is 2.04. The van der Waals surface area contributed by atoms with Gasteiger partial charge in [-0.15, -0.1) is 0 Å². The minimum atomic E-state index is -0.374. The summed E-state index contributed by atoms with van der Waals surface area (Å²) in [6.07, 6.45) is 3.19. The minimum Gasteiger partial charge on any atom is -0.465 e. The molecule has 0 aromatic carbocycles. The topological polar surface area (TPSA) is 64.4 Å². The van der Waals surface area contributed by atoms with E-state index in [9.17, 15) is 9.59 Å². The largest absolute Gasteiger partial charge is 0.465 e. The first-order valence-electron chi connectivity index (χ1n) is 5.91. The molecule has 0 N–H and O–H groups in total. The van der Waals surface area contributed by atoms with Gasteiger partial charge in [0.25, 0.3) is 5.56 Å². The van der Waals surface area contributed by atoms with Crippen molar-refractivity contribution in [2.75, 3.05) is 25.1 Å². The summed E-state index contributed by atoms with van der Waals surface area (Å²) in [6.45, 7) is 5.90. The Balaban J connectivity index is 2.93. The molecule has 0 aliphatic heterocycles. The predicted octanol–water partition coefficient (Wildman–Crippen LogP) is 0.823. The van der Waals surface area contributed by atoms with Crippen molar-refractivity contribution in [1.82, 2.24) is 9.55 Å². The van der Waals surface area contributed by atoms with Crippen molar-refractivity contribution in [3.05, 3.63) is 22.7 Å². The summed E-state index contributed by atoms with van der Waals surface area (Å²) in [5.41, 5.74) is -0.209. The molecule has 6 nitrogen and oxygen atoms in total. The highest BCUT2D eigenvalue weighted by Gasteiger charge is 2.14. The number of carbonyl (C=O) groups is 1. The van der Waals surface area contributed by atoms with Crippen molar-refractivity contribution >= 4 is 11.8 Å². The Labute approximate surface area is 106 Å². The van der Waals surface area contributed by atoms with Gasteiger partial charge >= 0.3 is 5.97 Å². The Hall–Kier alpha value is -1.85. The van der Waals surface area contributed by atoms with E-state index in [1.54, 1.807) is 30.9 Å². The van der Waals surface area contributed by atoms with Gasteiger partial charge in [0.1, 0.15) is 6.54 Å². The van der Waals surface area contributed by atoms with Crippen LogP contribution in [-0.2, 0) is 9.53 Å². The average molecular weight is 253 g/mol. The van der Waals surface area contributed by atoms with Gasteiger partial charge in [-0.25, -0.2) is 4.98 Å². The van der Waals surface area contributed by atoms with E-state index in [0.29, 0.717) is 6.61 Å². The zero-order valence-electron chi connectivity index (χ0n) is 11.2. The fraction of sp³-hybridized carbons (Fsp3) is 0.583. The molecule has 1 aromatic heterocycles. The van der Waals surface area contributed by atoms with Crippen LogP contribution in [0.5, 0.6) is 0 Å². The van der Waals surface area contributed by atoms with E-state index < -0.39 is 0 Å². The monoisotopic (exact) mass is 253 g/mol. The highest BCUT2D eigenvalue weighted by molar-refractivity contribution is 5.75. The maximum Gasteiger partial charge on any atom is 0.325 e. The van der Waals surface area contributed by atoms with Gasteiger partial charge in [0.15, 0.2) is 5.82 Å². The van der Waals surface area contributed by atoms with Crippen LogP contribution >= 0.6 is 0 Å². The van der Waals surface area contributed by atoms with Crippen LogP contribution in [0, 0.1) is 0 Å². The molecule has 0 atom stereocenters. The van der Waals surface area contributed by atoms with Crippen LogP contribution in [-0.4, -0.2) is 35.7 Å². The van der Waals surface area contributed by atoms with Gasteiger partial charge in [0.05, 0.1) is 6.61 Å². The molecule has 1 aromatic rings. The number of hydrogen-bond donors (Lipinski definition) is 0. The molecule has 0 aliphatic rings. The van der Waals surface area contributed by atoms with E-state index >= 15 is 0 Å². The van der Waals surface area contributed by atoms with Gasteiger partial charge in [-0.3, -0.25) is 9.59 Å². The number of likely N-dealkylation sites (N-methyl/N-ethyl adjacent to an activating group) is 1. The van der Waals surface area contributed by atoms with Crippen molar-refractivity contribution in [2.24, 2.45) is 0 Å². The van der Waals surface area contributed by atoms with Crippen molar-refractivity contribution in [1.29, 1.82) is 0 Å². The number of anilines is 1. The van der Waals surface area contributed by atoms with E-state index in [1.165, 1.54) is 4.90 Å². The van der Waals surface area contributed by atoms with Gasteiger partial charge in [0.2, 0.25) is 0 Å². The maximum atomic E-state index is 12.1. The normalized spacial score (nSPS) is 10.5. The molecular formula is C12H19N3O3. The second-order valence-corrected chi connectivity index (χ2v) is 4.22. The van der Waals surface area contributed by atoms with E-state index in [2.05, 4.69) is 4.98 Å². The molecule has 0 radical (unpaired) electrons. The third kappa shape index (κ3) is 3.32. The number of aromatic nitrogens is 2. The van der Waals surface area contributed by atoms with Crippen LogP contribution in [0.2, 0.25) is 0 Å². The van der Waals surface area contributed by atoms with Crippen molar-refractivity contribution < 1.29 is 9.53 Å². The van der Waals surface area contributed by atoms with Gasteiger partial charge in [-0.05, 0) is 20.8 Å². The quantitative estimate of drug-likeness (QED) is 0.727. The Kier molecular flexibility index (Phi) is 4.88. The Morgan fingerprint density at radius 1 is 1.56 bits per heavy atom. The summed E-state index contributed by atoms with van der Waals surface area (Å²) >= 11 is 0. The van der Waals surface area contributed by atoms with Crippen LogP contribution in [0.1, 0.15) is 26.8 Å². The third-order valence-electron chi connectivity index (χ3n) is 2.44. The lowest BCUT2D eigenvalue weighted by Crippen LogP contribution is -2.35.